The van der Waals surface area contributed by atoms with Crippen molar-refractivity contribution < 1.29 is 23.7 Å². The second-order valence-corrected chi connectivity index (χ2v) is 5.11. The molecule has 128 valence electrons. The van der Waals surface area contributed by atoms with Crippen molar-refractivity contribution in [3.63, 3.8) is 0 Å². The highest BCUT2D eigenvalue weighted by Gasteiger charge is 2.06. The van der Waals surface area contributed by atoms with Crippen LogP contribution < -0.4 is 9.47 Å². The number of nitrogens with zero attached hydrogens (tertiary/aromatic N) is 1. The second-order valence-electron chi connectivity index (χ2n) is 5.11. The van der Waals surface area contributed by atoms with Gasteiger partial charge in [0, 0.05) is 26.4 Å². The molecule has 0 spiro atoms. The van der Waals surface area contributed by atoms with E-state index in [2.05, 4.69) is 4.99 Å². The predicted octanol–water partition coefficient (Wildman–Crippen LogP) is 2.48. The number of methoxy groups -OCH3 is 2. The maximum absolute atomic E-state index is 11.4. The number of carbonyl (C=O) groups is 1. The maximum Gasteiger partial charge on any atom is 0.327 e. The average Bonchev–Trinajstić information content (AvgIpc) is 2.51. The number of hydrogen-bond acceptors (Lipinski definition) is 6. The van der Waals surface area contributed by atoms with Crippen LogP contribution in [0.2, 0.25) is 0 Å². The SMILES string of the molecule is COCCCOc1cc(/C=N/CC(=O)OC(C)C)ccc1OC. The molecule has 0 saturated carbocycles. The number of ether oxygens (including phenoxy) is 4. The van der Waals surface area contributed by atoms with Crippen molar-refractivity contribution in [3.05, 3.63) is 23.8 Å². The standard InChI is InChI=1S/C17H25NO5/c1-13(2)23-17(19)12-18-11-14-6-7-15(21-4)16(10-14)22-9-5-8-20-3/h6-7,10-11,13H,5,8-9,12H2,1-4H3/b18-11+. The van der Waals surface area contributed by atoms with Crippen LogP contribution in [0, 0.1) is 0 Å². The predicted molar refractivity (Wildman–Crippen MR) is 88.7 cm³/mol. The molecular weight excluding hydrogens is 298 g/mol. The highest BCUT2D eigenvalue weighted by atomic mass is 16.5. The molecule has 0 saturated heterocycles. The lowest BCUT2D eigenvalue weighted by molar-refractivity contribution is -0.145. The molecule has 0 atom stereocenters. The van der Waals surface area contributed by atoms with Crippen LogP contribution in [0.15, 0.2) is 23.2 Å². The molecular formula is C17H25NO5. The van der Waals surface area contributed by atoms with Crippen LogP contribution in [0.4, 0.5) is 0 Å². The molecule has 1 rings (SSSR count). The fourth-order valence-corrected chi connectivity index (χ4v) is 1.80. The van der Waals surface area contributed by atoms with Gasteiger partial charge in [-0.25, -0.2) is 0 Å². The minimum atomic E-state index is -0.346. The Morgan fingerprint density at radius 2 is 2.00 bits per heavy atom. The maximum atomic E-state index is 11.4. The van der Waals surface area contributed by atoms with Crippen molar-refractivity contribution in [1.82, 2.24) is 0 Å². The summed E-state index contributed by atoms with van der Waals surface area (Å²) in [6.45, 7) is 4.78. The Morgan fingerprint density at radius 1 is 1.22 bits per heavy atom. The first kappa shape index (κ1) is 19.0. The van der Waals surface area contributed by atoms with Gasteiger partial charge >= 0.3 is 5.97 Å². The van der Waals surface area contributed by atoms with Crippen LogP contribution in [0.5, 0.6) is 11.5 Å². The third-order valence-electron chi connectivity index (χ3n) is 2.77. The topological polar surface area (TPSA) is 66.4 Å². The minimum Gasteiger partial charge on any atom is -0.493 e. The van der Waals surface area contributed by atoms with Gasteiger partial charge < -0.3 is 18.9 Å². The normalized spacial score (nSPS) is 11.0. The van der Waals surface area contributed by atoms with Crippen molar-refractivity contribution in [2.24, 2.45) is 4.99 Å². The third-order valence-corrected chi connectivity index (χ3v) is 2.77. The molecule has 0 unspecified atom stereocenters. The molecule has 0 aliphatic rings. The van der Waals surface area contributed by atoms with Gasteiger partial charge in [-0.2, -0.15) is 0 Å². The van der Waals surface area contributed by atoms with Crippen LogP contribution in [-0.4, -0.2) is 52.3 Å². The van der Waals surface area contributed by atoms with Gasteiger partial charge in [0.15, 0.2) is 11.5 Å². The first-order valence-electron chi connectivity index (χ1n) is 7.56. The van der Waals surface area contributed by atoms with Crippen LogP contribution in [-0.2, 0) is 14.3 Å². The molecule has 1 aromatic rings. The van der Waals surface area contributed by atoms with Crippen LogP contribution >= 0.6 is 0 Å². The summed E-state index contributed by atoms with van der Waals surface area (Å²) in [7, 11) is 3.25. The number of benzene rings is 1. The highest BCUT2D eigenvalue weighted by Crippen LogP contribution is 2.27. The Labute approximate surface area is 137 Å². The van der Waals surface area contributed by atoms with Crippen LogP contribution in [0.1, 0.15) is 25.8 Å². The number of aliphatic imine (C=N–C) groups is 1. The van der Waals surface area contributed by atoms with Crippen molar-refractivity contribution in [1.29, 1.82) is 0 Å². The Bertz CT molecular complexity index is 514. The lowest BCUT2D eigenvalue weighted by Crippen LogP contribution is -2.13. The second kappa shape index (κ2) is 10.6. The van der Waals surface area contributed by atoms with E-state index in [0.29, 0.717) is 24.7 Å². The number of carbonyl (C=O) groups excluding carboxylic acids is 1. The van der Waals surface area contributed by atoms with Gasteiger partial charge in [0.05, 0.1) is 19.8 Å². The van der Waals surface area contributed by atoms with Crippen molar-refractivity contribution >= 4 is 12.2 Å². The average molecular weight is 323 g/mol. The zero-order valence-electron chi connectivity index (χ0n) is 14.2. The zero-order valence-corrected chi connectivity index (χ0v) is 14.2. The van der Waals surface area contributed by atoms with Crippen LogP contribution in [0.25, 0.3) is 0 Å². The molecule has 0 bridgehead atoms. The van der Waals surface area contributed by atoms with Gasteiger partial charge in [-0.3, -0.25) is 9.79 Å². The summed E-state index contributed by atoms with van der Waals surface area (Å²) in [5.41, 5.74) is 0.824. The molecule has 0 amide bonds. The molecule has 6 heteroatoms. The summed E-state index contributed by atoms with van der Waals surface area (Å²) < 4.78 is 21.0. The van der Waals surface area contributed by atoms with Gasteiger partial charge in [-0.15, -0.1) is 0 Å². The van der Waals surface area contributed by atoms with Gasteiger partial charge in [0.1, 0.15) is 6.54 Å². The molecule has 0 fully saturated rings. The fraction of sp³-hybridized carbons (Fsp3) is 0.529. The summed E-state index contributed by atoms with van der Waals surface area (Å²) in [5, 5.41) is 0. The number of hydrogen-bond donors (Lipinski definition) is 0. The number of esters is 1. The number of rotatable bonds is 10. The van der Waals surface area contributed by atoms with Crippen molar-refractivity contribution in [2.45, 2.75) is 26.4 Å². The van der Waals surface area contributed by atoms with Crippen molar-refractivity contribution in [3.8, 4) is 11.5 Å². The molecule has 1 aromatic carbocycles. The van der Waals surface area contributed by atoms with Gasteiger partial charge in [-0.05, 0) is 37.6 Å². The van der Waals surface area contributed by atoms with Gasteiger partial charge in [0.2, 0.25) is 0 Å². The third kappa shape index (κ3) is 7.65. The first-order chi connectivity index (χ1) is 11.1. The summed E-state index contributed by atoms with van der Waals surface area (Å²) in [4.78, 5) is 15.5. The molecule has 0 radical (unpaired) electrons. The van der Waals surface area contributed by atoms with E-state index in [-0.39, 0.29) is 18.6 Å². The quantitative estimate of drug-likeness (QED) is 0.376. The van der Waals surface area contributed by atoms with E-state index in [0.717, 1.165) is 12.0 Å². The Balaban J connectivity index is 2.63. The first-order valence-corrected chi connectivity index (χ1v) is 7.56. The Kier molecular flexibility index (Phi) is 8.75. The fourth-order valence-electron chi connectivity index (χ4n) is 1.80. The highest BCUT2D eigenvalue weighted by molar-refractivity contribution is 5.83. The molecule has 0 aliphatic carbocycles. The minimum absolute atomic E-state index is 0.00572. The summed E-state index contributed by atoms with van der Waals surface area (Å²) in [5.74, 6) is 0.942. The summed E-state index contributed by atoms with van der Waals surface area (Å²) in [6.07, 6.45) is 2.27. The molecule has 0 heterocycles. The Morgan fingerprint density at radius 3 is 2.65 bits per heavy atom. The summed E-state index contributed by atoms with van der Waals surface area (Å²) in [6, 6.07) is 5.47. The monoisotopic (exact) mass is 323 g/mol. The molecule has 0 aromatic heterocycles. The zero-order chi connectivity index (χ0) is 17.1. The van der Waals surface area contributed by atoms with Crippen LogP contribution in [0.3, 0.4) is 0 Å². The summed E-state index contributed by atoms with van der Waals surface area (Å²) >= 11 is 0. The van der Waals surface area contributed by atoms with E-state index in [1.807, 2.05) is 12.1 Å². The lowest BCUT2D eigenvalue weighted by Gasteiger charge is -2.11. The smallest absolute Gasteiger partial charge is 0.327 e. The van der Waals surface area contributed by atoms with E-state index < -0.39 is 0 Å². The van der Waals surface area contributed by atoms with E-state index >= 15 is 0 Å². The van der Waals surface area contributed by atoms with E-state index in [9.17, 15) is 4.79 Å². The van der Waals surface area contributed by atoms with E-state index in [4.69, 9.17) is 18.9 Å². The van der Waals surface area contributed by atoms with Gasteiger partial charge in [0.25, 0.3) is 0 Å². The van der Waals surface area contributed by atoms with Crippen molar-refractivity contribution in [2.75, 3.05) is 34.0 Å². The molecule has 23 heavy (non-hydrogen) atoms. The van der Waals surface area contributed by atoms with E-state index in [1.54, 1.807) is 40.3 Å². The van der Waals surface area contributed by atoms with Gasteiger partial charge in [-0.1, -0.05) is 0 Å². The lowest BCUT2D eigenvalue weighted by atomic mass is 10.2. The van der Waals surface area contributed by atoms with E-state index in [1.165, 1.54) is 0 Å². The largest absolute Gasteiger partial charge is 0.493 e. The molecule has 0 N–H and O–H groups in total. The Hall–Kier alpha value is -2.08. The molecule has 0 aliphatic heterocycles. The molecule has 6 nitrogen and oxygen atoms in total.